The molecule has 3 aliphatic rings. The topological polar surface area (TPSA) is 65.0 Å². The largest absolute Gasteiger partial charge is 0.610 e. The number of nitrogens with zero attached hydrogens (tertiary/aromatic N) is 1. The van der Waals surface area contributed by atoms with Gasteiger partial charge in [-0.2, -0.15) is 4.98 Å². The van der Waals surface area contributed by atoms with Gasteiger partial charge in [0.1, 0.15) is 10.6 Å². The summed E-state index contributed by atoms with van der Waals surface area (Å²) in [7, 11) is 0. The van der Waals surface area contributed by atoms with Crippen molar-refractivity contribution < 1.29 is 9.35 Å². The molecule has 0 aromatic carbocycles. The SMILES string of the molecule is CC[S+]([O-])c1ncc(C(=O)NCCC23CCC(C)(CC2)CC3)s1. The number of rotatable bonds is 6. The molecule has 3 aliphatic carbocycles. The van der Waals surface area contributed by atoms with Crippen molar-refractivity contribution in [3.8, 4) is 0 Å². The molecule has 2 bridgehead atoms. The van der Waals surface area contributed by atoms with Gasteiger partial charge >= 0.3 is 4.34 Å². The molecule has 23 heavy (non-hydrogen) atoms. The minimum atomic E-state index is -1.08. The first kappa shape index (κ1) is 17.2. The highest BCUT2D eigenvalue weighted by Gasteiger charge is 2.45. The van der Waals surface area contributed by atoms with Crippen LogP contribution in [0.15, 0.2) is 10.5 Å². The van der Waals surface area contributed by atoms with Gasteiger partial charge in [0, 0.05) is 17.7 Å². The van der Waals surface area contributed by atoms with E-state index < -0.39 is 11.2 Å². The van der Waals surface area contributed by atoms with E-state index in [9.17, 15) is 9.35 Å². The lowest BCUT2D eigenvalue weighted by Gasteiger charge is -2.52. The van der Waals surface area contributed by atoms with Crippen LogP contribution >= 0.6 is 11.3 Å². The van der Waals surface area contributed by atoms with E-state index in [0.717, 1.165) is 13.0 Å². The normalized spacial score (nSPS) is 31.1. The van der Waals surface area contributed by atoms with Crippen LogP contribution in [0.2, 0.25) is 0 Å². The lowest BCUT2D eigenvalue weighted by Crippen LogP contribution is -2.41. The van der Waals surface area contributed by atoms with E-state index in [4.69, 9.17) is 0 Å². The van der Waals surface area contributed by atoms with Gasteiger partial charge in [-0.15, -0.1) is 0 Å². The van der Waals surface area contributed by atoms with Crippen molar-refractivity contribution in [1.29, 1.82) is 0 Å². The predicted molar refractivity (Wildman–Crippen MR) is 94.3 cm³/mol. The van der Waals surface area contributed by atoms with Crippen molar-refractivity contribution in [2.75, 3.05) is 12.3 Å². The van der Waals surface area contributed by atoms with E-state index in [-0.39, 0.29) is 5.91 Å². The molecule has 6 heteroatoms. The number of carbonyl (C=O) groups excluding carboxylic acids is 1. The van der Waals surface area contributed by atoms with Crippen LogP contribution in [0.3, 0.4) is 0 Å². The van der Waals surface area contributed by atoms with E-state index in [1.807, 2.05) is 6.92 Å². The lowest BCUT2D eigenvalue weighted by molar-refractivity contribution is -0.00200. The van der Waals surface area contributed by atoms with Crippen LogP contribution in [0.25, 0.3) is 0 Å². The number of hydrogen-bond acceptors (Lipinski definition) is 4. The first-order valence-electron chi connectivity index (χ1n) is 8.58. The molecule has 1 aromatic rings. The molecule has 0 radical (unpaired) electrons. The molecule has 4 rings (SSSR count). The standard InChI is InChI=1S/C17H26N2O2S2/c1-3-23(21)15-19-12-13(22-15)14(20)18-11-10-17-7-4-16(2,5-8-17)6-9-17/h12H,3-11H2,1-2H3,(H,18,20). The van der Waals surface area contributed by atoms with Crippen LogP contribution in [0.5, 0.6) is 0 Å². The van der Waals surface area contributed by atoms with Gasteiger partial charge in [0.25, 0.3) is 5.91 Å². The van der Waals surface area contributed by atoms with Crippen LogP contribution < -0.4 is 5.32 Å². The van der Waals surface area contributed by atoms with E-state index in [0.29, 0.717) is 25.8 Å². The van der Waals surface area contributed by atoms with E-state index in [1.54, 1.807) is 6.20 Å². The highest BCUT2D eigenvalue weighted by atomic mass is 32.2. The lowest BCUT2D eigenvalue weighted by atomic mass is 9.53. The minimum Gasteiger partial charge on any atom is -0.610 e. The molecular weight excluding hydrogens is 328 g/mol. The van der Waals surface area contributed by atoms with Crippen molar-refractivity contribution in [2.24, 2.45) is 10.8 Å². The van der Waals surface area contributed by atoms with E-state index in [1.165, 1.54) is 49.9 Å². The smallest absolute Gasteiger partial charge is 0.302 e. The van der Waals surface area contributed by atoms with Gasteiger partial charge in [-0.25, -0.2) is 0 Å². The molecule has 3 saturated carbocycles. The molecule has 0 saturated heterocycles. The van der Waals surface area contributed by atoms with Crippen LogP contribution in [0, 0.1) is 10.8 Å². The van der Waals surface area contributed by atoms with Gasteiger partial charge in [-0.1, -0.05) is 18.3 Å². The predicted octanol–water partition coefficient (Wildman–Crippen LogP) is 3.75. The summed E-state index contributed by atoms with van der Waals surface area (Å²) >= 11 is 0.173. The van der Waals surface area contributed by atoms with Gasteiger partial charge < -0.3 is 9.87 Å². The van der Waals surface area contributed by atoms with Crippen LogP contribution in [0.4, 0.5) is 0 Å². The zero-order valence-electron chi connectivity index (χ0n) is 14.0. The first-order valence-corrected chi connectivity index (χ1v) is 10.7. The fraction of sp³-hybridized carbons (Fsp3) is 0.765. The number of nitrogens with one attached hydrogen (secondary N) is 1. The summed E-state index contributed by atoms with van der Waals surface area (Å²) in [5.41, 5.74) is 1.06. The van der Waals surface area contributed by atoms with Crippen LogP contribution in [-0.2, 0) is 11.2 Å². The Morgan fingerprint density at radius 1 is 1.35 bits per heavy atom. The van der Waals surface area contributed by atoms with Crippen LogP contribution in [0.1, 0.15) is 68.5 Å². The maximum Gasteiger partial charge on any atom is 0.302 e. The molecule has 4 nitrogen and oxygen atoms in total. The summed E-state index contributed by atoms with van der Waals surface area (Å²) in [6.45, 7) is 5.02. The Hall–Kier alpha value is -0.590. The molecule has 0 aliphatic heterocycles. The Labute approximate surface area is 145 Å². The number of aromatic nitrogens is 1. The fourth-order valence-electron chi connectivity index (χ4n) is 3.95. The first-order chi connectivity index (χ1) is 11.0. The molecule has 1 amide bonds. The van der Waals surface area contributed by atoms with E-state index in [2.05, 4.69) is 17.2 Å². The van der Waals surface area contributed by atoms with Crippen molar-refractivity contribution in [3.05, 3.63) is 11.1 Å². The molecule has 1 N–H and O–H groups in total. The summed E-state index contributed by atoms with van der Waals surface area (Å²) in [5, 5.41) is 3.03. The monoisotopic (exact) mass is 354 g/mol. The number of fused-ring (bicyclic) bond motifs is 3. The Bertz CT molecular complexity index is 548. The Morgan fingerprint density at radius 2 is 2.00 bits per heavy atom. The Balaban J connectivity index is 1.49. The number of hydrogen-bond donors (Lipinski definition) is 1. The van der Waals surface area contributed by atoms with Gasteiger partial charge in [-0.3, -0.25) is 4.79 Å². The summed E-state index contributed by atoms with van der Waals surface area (Å²) in [4.78, 5) is 16.9. The van der Waals surface area contributed by atoms with Crippen molar-refractivity contribution in [3.63, 3.8) is 0 Å². The average Bonchev–Trinajstić information content (AvgIpc) is 3.06. The van der Waals surface area contributed by atoms with E-state index >= 15 is 0 Å². The zero-order chi connectivity index (χ0) is 16.5. The van der Waals surface area contributed by atoms with Gasteiger partial charge in [-0.05, 0) is 62.7 Å². The second-order valence-electron chi connectivity index (χ2n) is 7.44. The number of amides is 1. The minimum absolute atomic E-state index is 0.0743. The van der Waals surface area contributed by atoms with Gasteiger partial charge in [0.2, 0.25) is 0 Å². The van der Waals surface area contributed by atoms with Gasteiger partial charge in [0.15, 0.2) is 0 Å². The van der Waals surface area contributed by atoms with Crippen molar-refractivity contribution >= 4 is 28.4 Å². The molecule has 1 atom stereocenters. The van der Waals surface area contributed by atoms with Crippen LogP contribution in [-0.4, -0.2) is 27.7 Å². The third kappa shape index (κ3) is 3.74. The summed E-state index contributed by atoms with van der Waals surface area (Å²) in [6.07, 6.45) is 10.6. The second kappa shape index (κ2) is 6.73. The maximum absolute atomic E-state index is 12.2. The summed E-state index contributed by atoms with van der Waals surface area (Å²) in [6, 6.07) is 0. The quantitative estimate of drug-likeness (QED) is 0.791. The maximum atomic E-state index is 12.2. The third-order valence-corrected chi connectivity index (χ3v) is 8.50. The second-order valence-corrected chi connectivity index (χ2v) is 10.4. The molecule has 3 fully saturated rings. The molecular formula is C17H26N2O2S2. The third-order valence-electron chi connectivity index (χ3n) is 5.88. The summed E-state index contributed by atoms with van der Waals surface area (Å²) in [5.74, 6) is 0.463. The molecule has 1 heterocycles. The number of thiazole rings is 1. The molecule has 1 aromatic heterocycles. The molecule has 0 spiro atoms. The molecule has 1 unspecified atom stereocenters. The van der Waals surface area contributed by atoms with Crippen molar-refractivity contribution in [2.45, 2.75) is 63.1 Å². The van der Waals surface area contributed by atoms with Crippen molar-refractivity contribution in [1.82, 2.24) is 10.3 Å². The zero-order valence-corrected chi connectivity index (χ0v) is 15.7. The summed E-state index contributed by atoms with van der Waals surface area (Å²) < 4.78 is 12.3. The van der Waals surface area contributed by atoms with Gasteiger partial charge in [0.05, 0.1) is 6.20 Å². The highest BCUT2D eigenvalue weighted by Crippen LogP contribution is 2.57. The molecule has 128 valence electrons. The Kier molecular flexibility index (Phi) is 5.04. The highest BCUT2D eigenvalue weighted by molar-refractivity contribution is 7.93. The fourth-order valence-corrected chi connectivity index (χ4v) is 5.92. The number of carbonyl (C=O) groups is 1. The average molecular weight is 355 g/mol. The Morgan fingerprint density at radius 3 is 2.61 bits per heavy atom.